The van der Waals surface area contributed by atoms with Gasteiger partial charge in [-0.2, -0.15) is 0 Å². The average molecular weight is 347 g/mol. The number of hydrogen-bond acceptors (Lipinski definition) is 5. The molecule has 3 aromatic rings. The number of halogens is 1. The van der Waals surface area contributed by atoms with Crippen molar-refractivity contribution in [3.8, 4) is 11.1 Å². The van der Waals surface area contributed by atoms with E-state index in [1.165, 1.54) is 4.52 Å². The summed E-state index contributed by atoms with van der Waals surface area (Å²) in [5, 5.41) is 23.9. The third-order valence-electron chi connectivity index (χ3n) is 3.74. The first-order valence-electron chi connectivity index (χ1n) is 7.16. The first kappa shape index (κ1) is 16.2. The Balaban J connectivity index is 2.37. The van der Waals surface area contributed by atoms with Crippen molar-refractivity contribution in [1.82, 2.24) is 14.6 Å². The maximum atomic E-state index is 12.6. The second-order valence-electron chi connectivity index (χ2n) is 5.28. The number of carboxylic acids is 1. The molecule has 0 aliphatic rings. The number of aromatic carboxylic acids is 1. The second kappa shape index (κ2) is 6.10. The van der Waals surface area contributed by atoms with Crippen LogP contribution in [-0.4, -0.2) is 32.3 Å². The van der Waals surface area contributed by atoms with Crippen molar-refractivity contribution in [2.75, 3.05) is 6.61 Å². The van der Waals surface area contributed by atoms with Gasteiger partial charge >= 0.3 is 0 Å². The number of nitrogens with zero attached hydrogens (tertiary/aromatic N) is 2. The van der Waals surface area contributed by atoms with Gasteiger partial charge in [0.1, 0.15) is 0 Å². The molecule has 0 aliphatic heterocycles. The molecule has 3 rings (SSSR count). The largest absolute Gasteiger partial charge is 0.543 e. The summed E-state index contributed by atoms with van der Waals surface area (Å²) in [7, 11) is 0. The number of aromatic nitrogens is 3. The number of carbonyl (C=O) groups excluding carboxylic acids is 1. The Kier molecular flexibility index (Phi) is 4.13. The van der Waals surface area contributed by atoms with Crippen LogP contribution in [0, 0.1) is 6.92 Å². The van der Waals surface area contributed by atoms with Gasteiger partial charge in [-0.15, -0.1) is 0 Å². The van der Waals surface area contributed by atoms with Crippen molar-refractivity contribution in [3.63, 3.8) is 0 Å². The SMILES string of the molecule is Cc1[nH]n2c(=O)c(CCO)c(C(=O)[O-])nc2c1-c1ccc(Cl)cc1. The van der Waals surface area contributed by atoms with Crippen LogP contribution in [0.25, 0.3) is 16.8 Å². The summed E-state index contributed by atoms with van der Waals surface area (Å²) in [5.41, 5.74) is 1.04. The molecule has 2 heterocycles. The Morgan fingerprint density at radius 2 is 2.04 bits per heavy atom. The van der Waals surface area contributed by atoms with Gasteiger partial charge in [-0.25, -0.2) is 9.50 Å². The van der Waals surface area contributed by atoms with Crippen LogP contribution in [0.15, 0.2) is 29.1 Å². The lowest BCUT2D eigenvalue weighted by molar-refractivity contribution is -0.255. The molecule has 24 heavy (non-hydrogen) atoms. The van der Waals surface area contributed by atoms with E-state index >= 15 is 0 Å². The van der Waals surface area contributed by atoms with E-state index in [1.807, 2.05) is 0 Å². The molecular weight excluding hydrogens is 334 g/mol. The number of benzene rings is 1. The Labute approximate surface area is 141 Å². The molecule has 8 heteroatoms. The fraction of sp³-hybridized carbons (Fsp3) is 0.188. The number of H-pyrrole nitrogens is 1. The van der Waals surface area contributed by atoms with Crippen molar-refractivity contribution < 1.29 is 15.0 Å². The molecular formula is C16H13ClN3O4-. The topological polar surface area (TPSA) is 111 Å². The lowest BCUT2D eigenvalue weighted by Crippen LogP contribution is -2.32. The van der Waals surface area contributed by atoms with Crippen LogP contribution in [-0.2, 0) is 6.42 Å². The molecule has 0 fully saturated rings. The van der Waals surface area contributed by atoms with Gasteiger partial charge in [0.2, 0.25) is 0 Å². The van der Waals surface area contributed by atoms with Crippen molar-refractivity contribution in [3.05, 3.63) is 56.6 Å². The van der Waals surface area contributed by atoms with Gasteiger partial charge in [0.05, 0.1) is 11.7 Å². The Morgan fingerprint density at radius 1 is 1.38 bits per heavy atom. The first-order chi connectivity index (χ1) is 11.4. The second-order valence-corrected chi connectivity index (χ2v) is 5.72. The van der Waals surface area contributed by atoms with Gasteiger partial charge in [-0.1, -0.05) is 23.7 Å². The monoisotopic (exact) mass is 346 g/mol. The summed E-state index contributed by atoms with van der Waals surface area (Å²) in [6, 6.07) is 6.89. The summed E-state index contributed by atoms with van der Waals surface area (Å²) in [4.78, 5) is 28.0. The van der Waals surface area contributed by atoms with E-state index in [1.54, 1.807) is 31.2 Å². The van der Waals surface area contributed by atoms with Gasteiger partial charge in [-0.05, 0) is 24.6 Å². The van der Waals surface area contributed by atoms with E-state index in [0.29, 0.717) is 16.3 Å². The first-order valence-corrected chi connectivity index (χ1v) is 7.54. The third-order valence-corrected chi connectivity index (χ3v) is 3.99. The smallest absolute Gasteiger partial charge is 0.276 e. The quantitative estimate of drug-likeness (QED) is 0.716. The van der Waals surface area contributed by atoms with E-state index in [-0.39, 0.29) is 24.2 Å². The fourth-order valence-corrected chi connectivity index (χ4v) is 2.81. The van der Waals surface area contributed by atoms with Crippen LogP contribution < -0.4 is 10.7 Å². The zero-order valence-corrected chi connectivity index (χ0v) is 13.4. The van der Waals surface area contributed by atoms with Crippen molar-refractivity contribution >= 4 is 23.2 Å². The van der Waals surface area contributed by atoms with Crippen LogP contribution in [0.1, 0.15) is 21.7 Å². The van der Waals surface area contributed by atoms with Gasteiger partial charge in [-0.3, -0.25) is 9.89 Å². The number of aliphatic hydroxyl groups is 1. The molecule has 0 aliphatic carbocycles. The summed E-state index contributed by atoms with van der Waals surface area (Å²) in [5.74, 6) is -1.56. The van der Waals surface area contributed by atoms with Crippen molar-refractivity contribution in [1.29, 1.82) is 0 Å². The Morgan fingerprint density at radius 3 is 2.62 bits per heavy atom. The molecule has 2 aromatic heterocycles. The molecule has 0 atom stereocenters. The molecule has 1 aromatic carbocycles. The molecule has 7 nitrogen and oxygen atoms in total. The normalized spacial score (nSPS) is 11.1. The summed E-state index contributed by atoms with van der Waals surface area (Å²) in [6.07, 6.45) is -0.119. The van der Waals surface area contributed by atoms with Crippen molar-refractivity contribution in [2.24, 2.45) is 0 Å². The number of aliphatic hydroxyl groups excluding tert-OH is 1. The third kappa shape index (κ3) is 2.57. The highest BCUT2D eigenvalue weighted by atomic mass is 35.5. The molecule has 0 spiro atoms. The number of rotatable bonds is 4. The van der Waals surface area contributed by atoms with Crippen LogP contribution in [0.3, 0.4) is 0 Å². The summed E-state index contributed by atoms with van der Waals surface area (Å²) in [6.45, 7) is 1.38. The molecule has 124 valence electrons. The average Bonchev–Trinajstić information content (AvgIpc) is 2.87. The summed E-state index contributed by atoms with van der Waals surface area (Å²) >= 11 is 5.89. The van der Waals surface area contributed by atoms with Gasteiger partial charge in [0.25, 0.3) is 5.56 Å². The predicted molar refractivity (Wildman–Crippen MR) is 86.1 cm³/mol. The molecule has 0 unspecified atom stereocenters. The lowest BCUT2D eigenvalue weighted by Gasteiger charge is -2.09. The maximum absolute atomic E-state index is 12.6. The van der Waals surface area contributed by atoms with Gasteiger partial charge < -0.3 is 15.0 Å². The van der Waals surface area contributed by atoms with E-state index in [4.69, 9.17) is 16.7 Å². The number of aromatic amines is 1. The molecule has 0 bridgehead atoms. The van der Waals surface area contributed by atoms with E-state index in [9.17, 15) is 14.7 Å². The zero-order chi connectivity index (χ0) is 17.4. The molecule has 0 saturated heterocycles. The van der Waals surface area contributed by atoms with Crippen molar-refractivity contribution in [2.45, 2.75) is 13.3 Å². The molecule has 2 N–H and O–H groups in total. The molecule has 0 radical (unpaired) electrons. The highest BCUT2D eigenvalue weighted by molar-refractivity contribution is 6.30. The number of carbonyl (C=O) groups is 1. The van der Waals surface area contributed by atoms with E-state index in [0.717, 1.165) is 5.56 Å². The lowest BCUT2D eigenvalue weighted by atomic mass is 10.1. The fourth-order valence-electron chi connectivity index (χ4n) is 2.69. The zero-order valence-electron chi connectivity index (χ0n) is 12.7. The van der Waals surface area contributed by atoms with E-state index in [2.05, 4.69) is 10.1 Å². The predicted octanol–water partition coefficient (Wildman–Crippen LogP) is 0.550. The minimum atomic E-state index is -1.56. The van der Waals surface area contributed by atoms with Crippen LogP contribution in [0.2, 0.25) is 5.02 Å². The molecule has 0 saturated carbocycles. The standard InChI is InChI=1S/C16H14ClN3O4/c1-8-12(9-2-4-10(17)5-3-9)14-18-13(16(23)24)11(6-7-21)15(22)20(14)19-8/h2-5,19,21H,6-7H2,1H3,(H,23,24)/p-1. The number of carboxylic acid groups (broad SMARTS) is 1. The summed E-state index contributed by atoms with van der Waals surface area (Å²) < 4.78 is 1.18. The van der Waals surface area contributed by atoms with Gasteiger partial charge in [0, 0.05) is 34.9 Å². The highest BCUT2D eigenvalue weighted by Crippen LogP contribution is 2.28. The van der Waals surface area contributed by atoms with Crippen LogP contribution in [0.4, 0.5) is 0 Å². The number of fused-ring (bicyclic) bond motifs is 1. The highest BCUT2D eigenvalue weighted by Gasteiger charge is 2.19. The van der Waals surface area contributed by atoms with E-state index < -0.39 is 17.2 Å². The van der Waals surface area contributed by atoms with Gasteiger partial charge in [0.15, 0.2) is 5.65 Å². The Bertz CT molecular complexity index is 989. The van der Waals surface area contributed by atoms with Crippen LogP contribution >= 0.6 is 11.6 Å². The van der Waals surface area contributed by atoms with Crippen LogP contribution in [0.5, 0.6) is 0 Å². The number of aryl methyl sites for hydroxylation is 1. The maximum Gasteiger partial charge on any atom is 0.276 e. The molecule has 0 amide bonds. The Hall–Kier alpha value is -2.64. The minimum absolute atomic E-state index is 0.0982. The minimum Gasteiger partial charge on any atom is -0.543 e. The number of nitrogens with one attached hydrogen (secondary N) is 1. The number of hydrogen-bond donors (Lipinski definition) is 2.